The van der Waals surface area contributed by atoms with Crippen LogP contribution in [-0.4, -0.2) is 15.7 Å². The SMILES string of the molecule is CCC(CC)C(=O)Nc1cnn(Cc2ccccc2C)c1. The maximum Gasteiger partial charge on any atom is 0.227 e. The van der Waals surface area contributed by atoms with E-state index in [1.807, 2.05) is 36.9 Å². The van der Waals surface area contributed by atoms with Crippen molar-refractivity contribution in [3.05, 3.63) is 47.8 Å². The Morgan fingerprint density at radius 2 is 2.00 bits per heavy atom. The molecular weight excluding hydrogens is 262 g/mol. The zero-order valence-electron chi connectivity index (χ0n) is 13.0. The molecule has 112 valence electrons. The van der Waals surface area contributed by atoms with Crippen molar-refractivity contribution in [2.45, 2.75) is 40.2 Å². The first-order valence-electron chi connectivity index (χ1n) is 7.51. The minimum absolute atomic E-state index is 0.0738. The van der Waals surface area contributed by atoms with E-state index in [1.54, 1.807) is 6.20 Å². The van der Waals surface area contributed by atoms with E-state index >= 15 is 0 Å². The van der Waals surface area contributed by atoms with E-state index in [-0.39, 0.29) is 11.8 Å². The molecule has 0 fully saturated rings. The van der Waals surface area contributed by atoms with Crippen LogP contribution in [0.3, 0.4) is 0 Å². The van der Waals surface area contributed by atoms with E-state index in [4.69, 9.17) is 0 Å². The Hall–Kier alpha value is -2.10. The summed E-state index contributed by atoms with van der Waals surface area (Å²) in [5, 5.41) is 7.26. The molecule has 1 aromatic carbocycles. The fraction of sp³-hybridized carbons (Fsp3) is 0.412. The lowest BCUT2D eigenvalue weighted by Crippen LogP contribution is -2.21. The lowest BCUT2D eigenvalue weighted by Gasteiger charge is -2.11. The number of nitrogens with one attached hydrogen (secondary N) is 1. The molecule has 4 heteroatoms. The molecule has 0 saturated heterocycles. The molecule has 1 aromatic heterocycles. The average Bonchev–Trinajstić information content (AvgIpc) is 2.90. The van der Waals surface area contributed by atoms with Crippen LogP contribution in [0.4, 0.5) is 5.69 Å². The molecular formula is C17H23N3O. The van der Waals surface area contributed by atoms with Crippen molar-refractivity contribution < 1.29 is 4.79 Å². The van der Waals surface area contributed by atoms with Crippen molar-refractivity contribution in [2.24, 2.45) is 5.92 Å². The third-order valence-electron chi connectivity index (χ3n) is 3.85. The lowest BCUT2D eigenvalue weighted by molar-refractivity contribution is -0.120. The third-order valence-corrected chi connectivity index (χ3v) is 3.85. The van der Waals surface area contributed by atoms with Gasteiger partial charge in [-0.3, -0.25) is 9.48 Å². The molecule has 0 aliphatic rings. The number of benzene rings is 1. The molecule has 1 amide bonds. The normalized spacial score (nSPS) is 10.9. The first-order valence-corrected chi connectivity index (χ1v) is 7.51. The quantitative estimate of drug-likeness (QED) is 0.881. The van der Waals surface area contributed by atoms with Crippen LogP contribution in [0.5, 0.6) is 0 Å². The van der Waals surface area contributed by atoms with Crippen molar-refractivity contribution in [1.29, 1.82) is 0 Å². The van der Waals surface area contributed by atoms with Gasteiger partial charge in [-0.05, 0) is 30.9 Å². The zero-order valence-corrected chi connectivity index (χ0v) is 13.0. The van der Waals surface area contributed by atoms with E-state index in [9.17, 15) is 4.79 Å². The Morgan fingerprint density at radius 1 is 1.29 bits per heavy atom. The minimum Gasteiger partial charge on any atom is -0.323 e. The van der Waals surface area contributed by atoms with Crippen LogP contribution in [-0.2, 0) is 11.3 Å². The molecule has 0 bridgehead atoms. The van der Waals surface area contributed by atoms with Gasteiger partial charge in [0.2, 0.25) is 5.91 Å². The summed E-state index contributed by atoms with van der Waals surface area (Å²) in [6, 6.07) is 8.25. The Balaban J connectivity index is 2.02. The molecule has 0 aliphatic carbocycles. The summed E-state index contributed by atoms with van der Waals surface area (Å²) in [7, 11) is 0. The van der Waals surface area contributed by atoms with Crippen LogP contribution in [0, 0.1) is 12.8 Å². The first-order chi connectivity index (χ1) is 10.1. The van der Waals surface area contributed by atoms with Gasteiger partial charge < -0.3 is 5.32 Å². The van der Waals surface area contributed by atoms with Crippen LogP contribution >= 0.6 is 0 Å². The number of carbonyl (C=O) groups is 1. The molecule has 0 radical (unpaired) electrons. The number of nitrogens with zero attached hydrogens (tertiary/aromatic N) is 2. The summed E-state index contributed by atoms with van der Waals surface area (Å²) in [4.78, 5) is 12.0. The molecule has 1 N–H and O–H groups in total. The fourth-order valence-electron chi connectivity index (χ4n) is 2.38. The predicted octanol–water partition coefficient (Wildman–Crippen LogP) is 3.61. The van der Waals surface area contributed by atoms with Crippen LogP contribution in [0.2, 0.25) is 0 Å². The van der Waals surface area contributed by atoms with Gasteiger partial charge in [-0.2, -0.15) is 5.10 Å². The summed E-state index contributed by atoms with van der Waals surface area (Å²) >= 11 is 0. The van der Waals surface area contributed by atoms with Crippen molar-refractivity contribution in [3.63, 3.8) is 0 Å². The summed E-state index contributed by atoms with van der Waals surface area (Å²) in [5.74, 6) is 0.153. The Labute approximate surface area is 126 Å². The van der Waals surface area contributed by atoms with Gasteiger partial charge in [-0.25, -0.2) is 0 Å². The second-order valence-electron chi connectivity index (χ2n) is 5.36. The number of hydrogen-bond acceptors (Lipinski definition) is 2. The standard InChI is InChI=1S/C17H23N3O/c1-4-14(5-2)17(21)19-16-10-18-20(12-16)11-15-9-7-6-8-13(15)3/h6-10,12,14H,4-5,11H2,1-3H3,(H,19,21). The second kappa shape index (κ2) is 7.07. The number of carbonyl (C=O) groups excluding carboxylic acids is 1. The van der Waals surface area contributed by atoms with E-state index in [0.717, 1.165) is 18.5 Å². The van der Waals surface area contributed by atoms with E-state index in [0.29, 0.717) is 6.54 Å². The van der Waals surface area contributed by atoms with Gasteiger partial charge >= 0.3 is 0 Å². The maximum atomic E-state index is 12.0. The monoisotopic (exact) mass is 285 g/mol. The number of anilines is 1. The molecule has 21 heavy (non-hydrogen) atoms. The first kappa shape index (κ1) is 15.3. The molecule has 0 unspecified atom stereocenters. The highest BCUT2D eigenvalue weighted by Crippen LogP contribution is 2.14. The number of hydrogen-bond donors (Lipinski definition) is 1. The molecule has 0 atom stereocenters. The van der Waals surface area contributed by atoms with Gasteiger partial charge in [0.15, 0.2) is 0 Å². The zero-order chi connectivity index (χ0) is 15.2. The fourth-order valence-corrected chi connectivity index (χ4v) is 2.38. The molecule has 2 aromatic rings. The number of aromatic nitrogens is 2. The minimum atomic E-state index is 0.0738. The lowest BCUT2D eigenvalue weighted by atomic mass is 10.0. The van der Waals surface area contributed by atoms with Gasteiger partial charge in [-0.1, -0.05) is 38.1 Å². The summed E-state index contributed by atoms with van der Waals surface area (Å²) in [6.45, 7) is 6.88. The van der Waals surface area contributed by atoms with Gasteiger partial charge in [0.25, 0.3) is 0 Å². The van der Waals surface area contributed by atoms with Gasteiger partial charge in [0.05, 0.1) is 18.4 Å². The van der Waals surface area contributed by atoms with Crippen molar-refractivity contribution >= 4 is 11.6 Å². The topological polar surface area (TPSA) is 46.9 Å². The summed E-state index contributed by atoms with van der Waals surface area (Å²) in [5.41, 5.74) is 3.24. The molecule has 4 nitrogen and oxygen atoms in total. The highest BCUT2D eigenvalue weighted by Gasteiger charge is 2.14. The highest BCUT2D eigenvalue weighted by atomic mass is 16.1. The maximum absolute atomic E-state index is 12.0. The largest absolute Gasteiger partial charge is 0.323 e. The van der Waals surface area contributed by atoms with Gasteiger partial charge in [-0.15, -0.1) is 0 Å². The number of rotatable bonds is 6. The van der Waals surface area contributed by atoms with Crippen LogP contribution in [0.25, 0.3) is 0 Å². The van der Waals surface area contributed by atoms with Crippen molar-refractivity contribution in [3.8, 4) is 0 Å². The second-order valence-corrected chi connectivity index (χ2v) is 5.36. The summed E-state index contributed by atoms with van der Waals surface area (Å²) < 4.78 is 1.85. The third kappa shape index (κ3) is 3.94. The molecule has 0 aliphatic heterocycles. The summed E-state index contributed by atoms with van der Waals surface area (Å²) in [6.07, 6.45) is 5.31. The van der Waals surface area contributed by atoms with E-state index in [1.165, 1.54) is 11.1 Å². The highest BCUT2D eigenvalue weighted by molar-refractivity contribution is 5.92. The van der Waals surface area contributed by atoms with Gasteiger partial charge in [0, 0.05) is 12.1 Å². The van der Waals surface area contributed by atoms with E-state index < -0.39 is 0 Å². The Bertz CT molecular complexity index is 600. The average molecular weight is 285 g/mol. The molecule has 0 spiro atoms. The van der Waals surface area contributed by atoms with E-state index in [2.05, 4.69) is 29.5 Å². The van der Waals surface area contributed by atoms with Crippen LogP contribution in [0.1, 0.15) is 37.8 Å². The van der Waals surface area contributed by atoms with Crippen molar-refractivity contribution in [2.75, 3.05) is 5.32 Å². The van der Waals surface area contributed by atoms with Crippen molar-refractivity contribution in [1.82, 2.24) is 9.78 Å². The molecule has 1 heterocycles. The van der Waals surface area contributed by atoms with Crippen LogP contribution < -0.4 is 5.32 Å². The van der Waals surface area contributed by atoms with Gasteiger partial charge in [0.1, 0.15) is 0 Å². The predicted molar refractivity (Wildman–Crippen MR) is 85.2 cm³/mol. The molecule has 0 saturated carbocycles. The number of amides is 1. The smallest absolute Gasteiger partial charge is 0.227 e. The van der Waals surface area contributed by atoms with Crippen LogP contribution in [0.15, 0.2) is 36.7 Å². The number of aryl methyl sites for hydroxylation is 1. The Morgan fingerprint density at radius 3 is 2.67 bits per heavy atom. The Kier molecular flexibility index (Phi) is 5.14. The molecule has 2 rings (SSSR count).